The fourth-order valence-electron chi connectivity index (χ4n) is 3.80. The SMILES string of the molecule is O=C(ON=Cc1c(-c2ccc(Cl)cc2)nc2sc3c(n12)CCCC3)c1ccc(Cl)c(Cl)c1. The third-order valence-corrected chi connectivity index (χ3v) is 7.47. The van der Waals surface area contributed by atoms with E-state index in [0.717, 1.165) is 41.2 Å². The van der Waals surface area contributed by atoms with E-state index < -0.39 is 5.97 Å². The number of rotatable bonds is 4. The Bertz CT molecular complexity index is 1360. The number of nitrogens with zero attached hydrogens (tertiary/aromatic N) is 3. The van der Waals surface area contributed by atoms with Gasteiger partial charge in [0.15, 0.2) is 4.96 Å². The number of hydrogen-bond acceptors (Lipinski definition) is 5. The summed E-state index contributed by atoms with van der Waals surface area (Å²) in [7, 11) is 0. The molecular formula is C23H16Cl3N3O2S. The van der Waals surface area contributed by atoms with Gasteiger partial charge in [-0.15, -0.1) is 11.3 Å². The number of thiazole rings is 1. The first-order valence-corrected chi connectivity index (χ1v) is 11.9. The second kappa shape index (κ2) is 8.87. The van der Waals surface area contributed by atoms with Crippen LogP contribution in [-0.2, 0) is 17.7 Å². The Hall–Kier alpha value is -2.38. The molecule has 32 heavy (non-hydrogen) atoms. The smallest absolute Gasteiger partial charge is 0.313 e. The Morgan fingerprint density at radius 1 is 1.06 bits per heavy atom. The highest BCUT2D eigenvalue weighted by atomic mass is 35.5. The van der Waals surface area contributed by atoms with Crippen molar-refractivity contribution in [2.45, 2.75) is 25.7 Å². The van der Waals surface area contributed by atoms with Gasteiger partial charge in [0.25, 0.3) is 0 Å². The van der Waals surface area contributed by atoms with Gasteiger partial charge < -0.3 is 4.84 Å². The van der Waals surface area contributed by atoms with Crippen LogP contribution in [-0.4, -0.2) is 21.6 Å². The lowest BCUT2D eigenvalue weighted by atomic mass is 10.0. The van der Waals surface area contributed by atoms with Gasteiger partial charge in [0.05, 0.1) is 33.2 Å². The van der Waals surface area contributed by atoms with Crippen molar-refractivity contribution >= 4 is 63.3 Å². The van der Waals surface area contributed by atoms with E-state index in [1.54, 1.807) is 23.6 Å². The topological polar surface area (TPSA) is 56.0 Å². The molecule has 0 atom stereocenters. The van der Waals surface area contributed by atoms with Crippen LogP contribution in [0.3, 0.4) is 0 Å². The quantitative estimate of drug-likeness (QED) is 0.169. The minimum atomic E-state index is -0.624. The van der Waals surface area contributed by atoms with Gasteiger partial charge in [-0.25, -0.2) is 9.78 Å². The van der Waals surface area contributed by atoms with Gasteiger partial charge in [-0.1, -0.05) is 52.1 Å². The maximum Gasteiger partial charge on any atom is 0.365 e. The molecule has 4 aromatic rings. The molecule has 0 radical (unpaired) electrons. The number of aryl methyl sites for hydroxylation is 2. The van der Waals surface area contributed by atoms with Gasteiger partial charge in [-0.2, -0.15) is 0 Å². The molecule has 1 aliphatic rings. The highest BCUT2D eigenvalue weighted by Gasteiger charge is 2.23. The number of fused-ring (bicyclic) bond motifs is 3. The average Bonchev–Trinajstić information content (AvgIpc) is 3.32. The zero-order valence-corrected chi connectivity index (χ0v) is 19.7. The molecule has 1 aliphatic carbocycles. The van der Waals surface area contributed by atoms with Crippen LogP contribution in [0.25, 0.3) is 16.2 Å². The number of halogens is 3. The van der Waals surface area contributed by atoms with Crippen LogP contribution in [0.5, 0.6) is 0 Å². The van der Waals surface area contributed by atoms with Gasteiger partial charge in [0.1, 0.15) is 0 Å². The number of carbonyl (C=O) groups is 1. The van der Waals surface area contributed by atoms with E-state index in [0.29, 0.717) is 10.0 Å². The van der Waals surface area contributed by atoms with Crippen LogP contribution in [0.4, 0.5) is 0 Å². The second-order valence-corrected chi connectivity index (χ2v) is 9.70. The lowest BCUT2D eigenvalue weighted by Crippen LogP contribution is -2.06. The molecule has 5 nitrogen and oxygen atoms in total. The Morgan fingerprint density at radius 2 is 1.84 bits per heavy atom. The van der Waals surface area contributed by atoms with Crippen LogP contribution in [0.15, 0.2) is 47.6 Å². The molecule has 0 fully saturated rings. The zero-order valence-electron chi connectivity index (χ0n) is 16.6. The van der Waals surface area contributed by atoms with Crippen LogP contribution in [0.1, 0.15) is 39.5 Å². The molecule has 2 aromatic heterocycles. The third-order valence-electron chi connectivity index (χ3n) is 5.34. The van der Waals surface area contributed by atoms with Crippen molar-refractivity contribution < 1.29 is 9.63 Å². The molecule has 0 unspecified atom stereocenters. The fraction of sp³-hybridized carbons (Fsp3) is 0.174. The van der Waals surface area contributed by atoms with E-state index in [1.807, 2.05) is 24.3 Å². The summed E-state index contributed by atoms with van der Waals surface area (Å²) in [5.74, 6) is -0.624. The molecule has 0 bridgehead atoms. The molecule has 2 aromatic carbocycles. The number of hydrogen-bond donors (Lipinski definition) is 0. The molecule has 0 spiro atoms. The number of benzene rings is 2. The summed E-state index contributed by atoms with van der Waals surface area (Å²) in [5, 5.41) is 5.28. The Balaban J connectivity index is 1.52. The molecule has 5 rings (SSSR count). The summed E-state index contributed by atoms with van der Waals surface area (Å²) in [5.41, 5.74) is 3.95. The predicted octanol–water partition coefficient (Wildman–Crippen LogP) is 7.09. The Morgan fingerprint density at radius 3 is 2.62 bits per heavy atom. The van der Waals surface area contributed by atoms with Crippen molar-refractivity contribution in [1.29, 1.82) is 0 Å². The molecule has 162 valence electrons. The first kappa shape index (κ1) is 21.5. The summed E-state index contributed by atoms with van der Waals surface area (Å²) in [6, 6.07) is 12.0. The average molecular weight is 505 g/mol. The summed E-state index contributed by atoms with van der Waals surface area (Å²) >= 11 is 19.7. The van der Waals surface area contributed by atoms with Crippen molar-refractivity contribution in [3.8, 4) is 11.3 Å². The Kier molecular flexibility index (Phi) is 5.95. The highest BCUT2D eigenvalue weighted by molar-refractivity contribution is 7.17. The summed E-state index contributed by atoms with van der Waals surface area (Å²) in [6.07, 6.45) is 5.90. The molecule has 0 saturated carbocycles. The molecule has 0 amide bonds. The number of aromatic nitrogens is 2. The zero-order chi connectivity index (χ0) is 22.2. The van der Waals surface area contributed by atoms with Crippen LogP contribution in [0, 0.1) is 0 Å². The minimum absolute atomic E-state index is 0.265. The van der Waals surface area contributed by atoms with E-state index >= 15 is 0 Å². The number of oxime groups is 1. The van der Waals surface area contributed by atoms with E-state index in [9.17, 15) is 4.79 Å². The van der Waals surface area contributed by atoms with E-state index in [4.69, 9.17) is 44.6 Å². The largest absolute Gasteiger partial charge is 0.365 e. The lowest BCUT2D eigenvalue weighted by Gasteiger charge is -2.11. The van der Waals surface area contributed by atoms with Gasteiger partial charge in [-0.05, 0) is 56.0 Å². The Labute approximate surface area is 203 Å². The van der Waals surface area contributed by atoms with Gasteiger partial charge >= 0.3 is 5.97 Å². The molecule has 9 heteroatoms. The van der Waals surface area contributed by atoms with Gasteiger partial charge in [0, 0.05) is 21.2 Å². The third kappa shape index (κ3) is 4.04. The van der Waals surface area contributed by atoms with E-state index in [1.165, 1.54) is 29.1 Å². The molecule has 2 heterocycles. The maximum absolute atomic E-state index is 12.4. The van der Waals surface area contributed by atoms with Crippen molar-refractivity contribution in [3.05, 3.63) is 79.4 Å². The predicted molar refractivity (Wildman–Crippen MR) is 130 cm³/mol. The normalized spacial score (nSPS) is 13.6. The van der Waals surface area contributed by atoms with Crippen LogP contribution in [0.2, 0.25) is 15.1 Å². The molecular weight excluding hydrogens is 489 g/mol. The molecule has 0 N–H and O–H groups in total. The first-order chi connectivity index (χ1) is 15.5. The summed E-state index contributed by atoms with van der Waals surface area (Å²) in [6.45, 7) is 0. The first-order valence-electron chi connectivity index (χ1n) is 10.00. The van der Waals surface area contributed by atoms with Gasteiger partial charge in [0.2, 0.25) is 0 Å². The minimum Gasteiger partial charge on any atom is -0.313 e. The fourth-order valence-corrected chi connectivity index (χ4v) is 5.44. The maximum atomic E-state index is 12.4. The summed E-state index contributed by atoms with van der Waals surface area (Å²) < 4.78 is 2.12. The standard InChI is InChI=1S/C23H16Cl3N3O2S/c24-15-8-5-13(6-9-15)21-19(29-18-3-1-2-4-20(18)32-23(29)28-21)12-27-31-22(30)14-7-10-16(25)17(26)11-14/h5-12H,1-4H2. The number of imidazole rings is 1. The monoisotopic (exact) mass is 503 g/mol. The van der Waals surface area contributed by atoms with Crippen molar-refractivity contribution in [2.75, 3.05) is 0 Å². The van der Waals surface area contributed by atoms with Crippen molar-refractivity contribution in [3.63, 3.8) is 0 Å². The molecule has 0 saturated heterocycles. The lowest BCUT2D eigenvalue weighted by molar-refractivity contribution is 0.0519. The second-order valence-electron chi connectivity index (χ2n) is 7.39. The van der Waals surface area contributed by atoms with Crippen molar-refractivity contribution in [1.82, 2.24) is 9.38 Å². The van der Waals surface area contributed by atoms with Crippen LogP contribution >= 0.6 is 46.1 Å². The van der Waals surface area contributed by atoms with Crippen molar-refractivity contribution in [2.24, 2.45) is 5.16 Å². The van der Waals surface area contributed by atoms with Gasteiger partial charge in [-0.3, -0.25) is 4.40 Å². The number of carbonyl (C=O) groups excluding carboxylic acids is 1. The van der Waals surface area contributed by atoms with Crippen LogP contribution < -0.4 is 0 Å². The highest BCUT2D eigenvalue weighted by Crippen LogP contribution is 2.34. The van der Waals surface area contributed by atoms with E-state index in [-0.39, 0.29) is 10.6 Å². The summed E-state index contributed by atoms with van der Waals surface area (Å²) in [4.78, 5) is 24.7. The van der Waals surface area contributed by atoms with E-state index in [2.05, 4.69) is 9.56 Å². The molecule has 0 aliphatic heterocycles.